The van der Waals surface area contributed by atoms with Crippen LogP contribution in [-0.2, 0) is 10.0 Å². The molecule has 0 aliphatic heterocycles. The van der Waals surface area contributed by atoms with Gasteiger partial charge in [0.15, 0.2) is 17.2 Å². The van der Waals surface area contributed by atoms with Crippen LogP contribution < -0.4 is 10.5 Å². The number of hydrogen-bond donors (Lipinski definition) is 3. The Bertz CT molecular complexity index is 1200. The zero-order valence-electron chi connectivity index (χ0n) is 16.3. The molecule has 0 unspecified atom stereocenters. The topological polar surface area (TPSA) is 149 Å². The number of anilines is 1. The van der Waals surface area contributed by atoms with Crippen molar-refractivity contribution in [3.8, 4) is 17.1 Å². The molecular weight excluding hydrogens is 439 g/mol. The Balaban J connectivity index is 1.97. The summed E-state index contributed by atoms with van der Waals surface area (Å²) in [6, 6.07) is 3.94. The number of nitrogen functional groups attached to an aromatic ring is 1. The summed E-state index contributed by atoms with van der Waals surface area (Å²) in [5.74, 6) is 0.230. The van der Waals surface area contributed by atoms with Crippen LogP contribution in [0.4, 0.5) is 19.0 Å². The van der Waals surface area contributed by atoms with Crippen LogP contribution in [0.2, 0.25) is 0 Å². The first-order chi connectivity index (χ1) is 14.3. The maximum atomic E-state index is 12.8. The van der Waals surface area contributed by atoms with Crippen molar-refractivity contribution in [2.75, 3.05) is 12.3 Å². The van der Waals surface area contributed by atoms with E-state index < -0.39 is 28.3 Å². The van der Waals surface area contributed by atoms with Crippen LogP contribution in [0.3, 0.4) is 0 Å². The average Bonchev–Trinajstić information content (AvgIpc) is 3.21. The Morgan fingerprint density at radius 1 is 1.29 bits per heavy atom. The molecule has 166 valence electrons. The third-order valence-electron chi connectivity index (χ3n) is 4.43. The molecule has 3 rings (SSSR count). The molecule has 0 bridgehead atoms. The van der Waals surface area contributed by atoms with Gasteiger partial charge < -0.3 is 10.8 Å². The Morgan fingerprint density at radius 2 is 2.00 bits per heavy atom. The molecule has 0 aliphatic rings. The van der Waals surface area contributed by atoms with Crippen LogP contribution in [-0.4, -0.2) is 56.6 Å². The van der Waals surface area contributed by atoms with Crippen molar-refractivity contribution < 1.29 is 26.7 Å². The lowest BCUT2D eigenvalue weighted by molar-refractivity contribution is -0.249. The lowest BCUT2D eigenvalue weighted by Crippen LogP contribution is -2.51. The van der Waals surface area contributed by atoms with E-state index in [4.69, 9.17) is 5.73 Å². The summed E-state index contributed by atoms with van der Waals surface area (Å²) in [5, 5.41) is 13.4. The molecule has 0 saturated carbocycles. The lowest BCUT2D eigenvalue weighted by atomic mass is 10.1. The fraction of sp³-hybridized carbons (Fsp3) is 0.294. The van der Waals surface area contributed by atoms with Gasteiger partial charge in [0.05, 0.1) is 16.8 Å². The maximum absolute atomic E-state index is 12.8. The number of halogens is 3. The highest BCUT2D eigenvalue weighted by atomic mass is 32.2. The first-order valence-electron chi connectivity index (χ1n) is 8.69. The zero-order valence-corrected chi connectivity index (χ0v) is 17.1. The van der Waals surface area contributed by atoms with Crippen LogP contribution >= 0.6 is 0 Å². The van der Waals surface area contributed by atoms with Crippen molar-refractivity contribution in [1.29, 1.82) is 0 Å². The molecule has 4 N–H and O–H groups in total. The molecule has 1 atom stereocenters. The lowest BCUT2D eigenvalue weighted by Gasteiger charge is -2.26. The third kappa shape index (κ3) is 4.65. The van der Waals surface area contributed by atoms with Gasteiger partial charge in [-0.3, -0.25) is 0 Å². The molecule has 3 aromatic rings. The first kappa shape index (κ1) is 22.6. The van der Waals surface area contributed by atoms with Crippen molar-refractivity contribution in [3.05, 3.63) is 42.6 Å². The van der Waals surface area contributed by atoms with Gasteiger partial charge in [-0.1, -0.05) is 6.07 Å². The number of sulfonamides is 1. The molecular formula is C17H18F3N7O3S. The fourth-order valence-electron chi connectivity index (χ4n) is 2.47. The molecule has 0 saturated heterocycles. The van der Waals surface area contributed by atoms with Crippen LogP contribution in [0, 0.1) is 6.92 Å². The summed E-state index contributed by atoms with van der Waals surface area (Å²) in [5.41, 5.74) is 3.84. The first-order valence-corrected chi connectivity index (χ1v) is 10.2. The highest BCUT2D eigenvalue weighted by Gasteiger charge is 2.50. The van der Waals surface area contributed by atoms with Crippen molar-refractivity contribution in [1.82, 2.24) is 29.5 Å². The van der Waals surface area contributed by atoms with Gasteiger partial charge in [-0.15, -0.1) is 0 Å². The standard InChI is InChI=1S/C17H18F3N7O3S/c1-10-3-4-11(31(29,30)25-7-16(2,28)17(18,19)20)5-12(10)13-6-23-14(21)15(26-13)27-9-22-8-24-27/h3-6,8-9,25,28H,7H2,1-2H3,(H2,21,23)/t16-/m0/s1. The summed E-state index contributed by atoms with van der Waals surface area (Å²) in [6.45, 7) is 0.923. The molecule has 2 heterocycles. The number of alkyl halides is 3. The van der Waals surface area contributed by atoms with E-state index in [-0.39, 0.29) is 22.2 Å². The van der Waals surface area contributed by atoms with Crippen LogP contribution in [0.15, 0.2) is 41.9 Å². The predicted octanol–water partition coefficient (Wildman–Crippen LogP) is 1.21. The van der Waals surface area contributed by atoms with E-state index in [9.17, 15) is 26.7 Å². The normalized spacial score (nSPS) is 14.4. The molecule has 0 spiro atoms. The molecule has 10 nitrogen and oxygen atoms in total. The van der Waals surface area contributed by atoms with Gasteiger partial charge in [0.25, 0.3) is 0 Å². The van der Waals surface area contributed by atoms with Gasteiger partial charge in [0, 0.05) is 12.1 Å². The number of aromatic nitrogens is 5. The van der Waals surface area contributed by atoms with Crippen LogP contribution in [0.1, 0.15) is 12.5 Å². The summed E-state index contributed by atoms with van der Waals surface area (Å²) in [6.07, 6.45) is -1.05. The van der Waals surface area contributed by atoms with E-state index >= 15 is 0 Å². The second-order valence-corrected chi connectivity index (χ2v) is 8.64. The minimum Gasteiger partial charge on any atom is -0.381 e. The molecule has 31 heavy (non-hydrogen) atoms. The second kappa shape index (κ2) is 7.86. The number of nitrogens with zero attached hydrogens (tertiary/aromatic N) is 5. The number of aryl methyl sites for hydroxylation is 1. The van der Waals surface area contributed by atoms with E-state index in [1.165, 1.54) is 41.7 Å². The Morgan fingerprint density at radius 3 is 2.61 bits per heavy atom. The Labute approximate surface area is 175 Å². The van der Waals surface area contributed by atoms with Gasteiger partial charge in [0.2, 0.25) is 10.0 Å². The highest BCUT2D eigenvalue weighted by Crippen LogP contribution is 2.30. The summed E-state index contributed by atoms with van der Waals surface area (Å²) >= 11 is 0. The van der Waals surface area contributed by atoms with Crippen molar-refractivity contribution in [3.63, 3.8) is 0 Å². The van der Waals surface area contributed by atoms with E-state index in [1.807, 2.05) is 0 Å². The number of benzene rings is 1. The number of rotatable bonds is 6. The molecule has 0 amide bonds. The SMILES string of the molecule is Cc1ccc(S(=O)(=O)NC[C@](C)(O)C(F)(F)F)cc1-c1cnc(N)c(-n2cncn2)n1. The molecule has 2 aromatic heterocycles. The maximum Gasteiger partial charge on any atom is 0.418 e. The fourth-order valence-corrected chi connectivity index (χ4v) is 3.63. The number of nitrogens with one attached hydrogen (secondary N) is 1. The van der Waals surface area contributed by atoms with Gasteiger partial charge in [-0.05, 0) is 31.5 Å². The highest BCUT2D eigenvalue weighted by molar-refractivity contribution is 7.89. The smallest absolute Gasteiger partial charge is 0.381 e. The molecule has 0 aliphatic carbocycles. The van der Waals surface area contributed by atoms with Crippen molar-refractivity contribution in [2.45, 2.75) is 30.5 Å². The van der Waals surface area contributed by atoms with Crippen molar-refractivity contribution in [2.24, 2.45) is 0 Å². The summed E-state index contributed by atoms with van der Waals surface area (Å²) in [4.78, 5) is 11.9. The van der Waals surface area contributed by atoms with E-state index in [2.05, 4.69) is 20.1 Å². The minimum atomic E-state index is -5.01. The Hall–Kier alpha value is -3.10. The van der Waals surface area contributed by atoms with Gasteiger partial charge >= 0.3 is 6.18 Å². The zero-order chi connectivity index (χ0) is 23.0. The van der Waals surface area contributed by atoms with Gasteiger partial charge in [0.1, 0.15) is 12.7 Å². The summed E-state index contributed by atoms with van der Waals surface area (Å²) < 4.78 is 66.6. The molecule has 1 aromatic carbocycles. The van der Waals surface area contributed by atoms with Crippen molar-refractivity contribution >= 4 is 15.8 Å². The quantitative estimate of drug-likeness (QED) is 0.500. The van der Waals surface area contributed by atoms with Crippen LogP contribution in [0.25, 0.3) is 17.1 Å². The van der Waals surface area contributed by atoms with Crippen LogP contribution in [0.5, 0.6) is 0 Å². The third-order valence-corrected chi connectivity index (χ3v) is 5.83. The largest absolute Gasteiger partial charge is 0.418 e. The second-order valence-electron chi connectivity index (χ2n) is 6.88. The number of hydrogen-bond acceptors (Lipinski definition) is 8. The molecule has 14 heteroatoms. The predicted molar refractivity (Wildman–Crippen MR) is 103 cm³/mol. The van der Waals surface area contributed by atoms with Gasteiger partial charge in [-0.2, -0.15) is 23.0 Å². The van der Waals surface area contributed by atoms with Gasteiger partial charge in [-0.25, -0.2) is 28.1 Å². The number of aliphatic hydroxyl groups is 1. The Kier molecular flexibility index (Phi) is 5.73. The van der Waals surface area contributed by atoms with E-state index in [1.54, 1.807) is 11.6 Å². The molecule has 0 fully saturated rings. The van der Waals surface area contributed by atoms with E-state index in [0.717, 1.165) is 0 Å². The van der Waals surface area contributed by atoms with E-state index in [0.29, 0.717) is 18.1 Å². The average molecular weight is 457 g/mol. The number of nitrogens with two attached hydrogens (primary N) is 1. The summed E-state index contributed by atoms with van der Waals surface area (Å²) in [7, 11) is -4.37. The monoisotopic (exact) mass is 457 g/mol. The molecule has 0 radical (unpaired) electrons. The minimum absolute atomic E-state index is 0.0618.